The van der Waals surface area contributed by atoms with Gasteiger partial charge in [-0.25, -0.2) is 4.98 Å². The van der Waals surface area contributed by atoms with Gasteiger partial charge in [-0.1, -0.05) is 30.3 Å². The zero-order valence-electron chi connectivity index (χ0n) is 24.4. The highest BCUT2D eigenvalue weighted by molar-refractivity contribution is 6.09. The highest BCUT2D eigenvalue weighted by atomic mass is 35.5. The van der Waals surface area contributed by atoms with Crippen LogP contribution in [-0.4, -0.2) is 66.3 Å². The van der Waals surface area contributed by atoms with Gasteiger partial charge in [0, 0.05) is 84.9 Å². The third-order valence-corrected chi connectivity index (χ3v) is 8.08. The molecular formula is C32H40ClN9O2. The fraction of sp³-hybridized carbons (Fsp3) is 0.312. The standard InChI is InChI=1S/C32H39N9O2.ClH/c33-20-11-21(34)16-40(15-20)26-13-29(39-30(14-26)41-17-22(35)12-23(36)18-41)37-24-6-8-25(9-7-24)38-32(43)28-10-5-19-3-1-2-4-27(19)31(28)42;/h1-10,13-14,20-23,42H,11-12,15-18,33-36H2,(H,37,39)(H,38,43);1H/t20-,21+,22-,23+;. The molecule has 232 valence electrons. The number of rotatable bonds is 6. The van der Waals surface area contributed by atoms with E-state index >= 15 is 0 Å². The lowest BCUT2D eigenvalue weighted by Crippen LogP contribution is -2.53. The highest BCUT2D eigenvalue weighted by Crippen LogP contribution is 2.31. The number of carbonyl (C=O) groups excluding carboxylic acids is 1. The average molecular weight is 618 g/mol. The number of nitrogens with zero attached hydrogens (tertiary/aromatic N) is 3. The van der Waals surface area contributed by atoms with Gasteiger partial charge in [-0.05, 0) is 48.6 Å². The van der Waals surface area contributed by atoms with Gasteiger partial charge in [0.2, 0.25) is 0 Å². The SMILES string of the molecule is Cl.N[C@@H]1C[C@H](N)CN(c2cc(Nc3ccc(NC(=O)c4ccc5ccccc5c4O)cc3)nc(N3C[C@H](N)C[C@H](N)C3)c2)C1. The molecular weight excluding hydrogens is 578 g/mol. The Morgan fingerprint density at radius 1 is 0.773 bits per heavy atom. The number of pyridine rings is 1. The van der Waals surface area contributed by atoms with Crippen LogP contribution in [0.15, 0.2) is 72.8 Å². The van der Waals surface area contributed by atoms with Crippen LogP contribution in [0.25, 0.3) is 10.8 Å². The molecule has 0 saturated carbocycles. The van der Waals surface area contributed by atoms with Gasteiger partial charge in [0.15, 0.2) is 0 Å². The molecule has 6 rings (SSSR count). The maximum absolute atomic E-state index is 13.0. The van der Waals surface area contributed by atoms with E-state index < -0.39 is 0 Å². The first-order chi connectivity index (χ1) is 20.7. The Bertz CT molecular complexity index is 1560. The summed E-state index contributed by atoms with van der Waals surface area (Å²) < 4.78 is 0. The Morgan fingerprint density at radius 3 is 2.02 bits per heavy atom. The van der Waals surface area contributed by atoms with E-state index in [0.29, 0.717) is 43.1 Å². The molecule has 11 N–H and O–H groups in total. The van der Waals surface area contributed by atoms with Crippen LogP contribution in [0.4, 0.5) is 28.7 Å². The van der Waals surface area contributed by atoms with Crippen LogP contribution in [-0.2, 0) is 0 Å². The second-order valence-corrected chi connectivity index (χ2v) is 11.7. The minimum absolute atomic E-state index is 0. The zero-order chi connectivity index (χ0) is 30.1. The number of hydrogen-bond donors (Lipinski definition) is 7. The van der Waals surface area contributed by atoms with Crippen molar-refractivity contribution in [1.82, 2.24) is 4.98 Å². The molecule has 4 aromatic rings. The molecule has 0 spiro atoms. The number of aromatic hydroxyl groups is 1. The van der Waals surface area contributed by atoms with Crippen molar-refractivity contribution in [3.63, 3.8) is 0 Å². The zero-order valence-corrected chi connectivity index (χ0v) is 25.2. The summed E-state index contributed by atoms with van der Waals surface area (Å²) in [5, 5.41) is 18.5. The number of amides is 1. The lowest BCUT2D eigenvalue weighted by atomic mass is 10.0. The molecule has 2 saturated heterocycles. The van der Waals surface area contributed by atoms with E-state index in [1.54, 1.807) is 24.3 Å². The summed E-state index contributed by atoms with van der Waals surface area (Å²) in [7, 11) is 0. The topological polar surface area (TPSA) is 185 Å². The molecule has 3 aromatic carbocycles. The number of phenolic OH excluding ortho intramolecular Hbond substituents is 1. The summed E-state index contributed by atoms with van der Waals surface area (Å²) in [6.07, 6.45) is 1.57. The van der Waals surface area contributed by atoms with Crippen molar-refractivity contribution in [3.05, 3.63) is 78.4 Å². The number of nitrogens with one attached hydrogen (secondary N) is 2. The third kappa shape index (κ3) is 6.98. The van der Waals surface area contributed by atoms with Gasteiger partial charge in [0.05, 0.1) is 5.56 Å². The number of benzene rings is 3. The Kier molecular flexibility index (Phi) is 9.42. The summed E-state index contributed by atoms with van der Waals surface area (Å²) in [5.74, 6) is 1.02. The van der Waals surface area contributed by atoms with Gasteiger partial charge >= 0.3 is 0 Å². The van der Waals surface area contributed by atoms with Crippen LogP contribution in [0.3, 0.4) is 0 Å². The first kappa shape index (κ1) is 31.3. The number of carbonyl (C=O) groups is 1. The van der Waals surface area contributed by atoms with Gasteiger partial charge in [0.25, 0.3) is 5.91 Å². The smallest absolute Gasteiger partial charge is 0.259 e. The number of piperidine rings is 2. The van der Waals surface area contributed by atoms with Gasteiger partial charge < -0.3 is 48.5 Å². The number of anilines is 5. The maximum Gasteiger partial charge on any atom is 0.259 e. The first-order valence-corrected chi connectivity index (χ1v) is 14.7. The van der Waals surface area contributed by atoms with E-state index in [4.69, 9.17) is 27.9 Å². The van der Waals surface area contributed by atoms with Crippen LogP contribution >= 0.6 is 12.4 Å². The average Bonchev–Trinajstić information content (AvgIpc) is 2.97. The lowest BCUT2D eigenvalue weighted by molar-refractivity contribution is 0.102. The largest absolute Gasteiger partial charge is 0.506 e. The minimum Gasteiger partial charge on any atom is -0.506 e. The molecule has 44 heavy (non-hydrogen) atoms. The summed E-state index contributed by atoms with van der Waals surface area (Å²) in [6.45, 7) is 2.75. The molecule has 0 unspecified atom stereocenters. The van der Waals surface area contributed by atoms with Crippen LogP contribution < -0.4 is 43.4 Å². The number of halogens is 1. The number of phenols is 1. The molecule has 3 heterocycles. The number of hydrogen-bond acceptors (Lipinski definition) is 10. The molecule has 0 aliphatic carbocycles. The lowest BCUT2D eigenvalue weighted by Gasteiger charge is -2.38. The van der Waals surface area contributed by atoms with Crippen LogP contribution in [0, 0.1) is 0 Å². The Balaban J connectivity index is 0.00000384. The van der Waals surface area contributed by atoms with E-state index in [2.05, 4.69) is 26.5 Å². The van der Waals surface area contributed by atoms with Crippen LogP contribution in [0.1, 0.15) is 23.2 Å². The summed E-state index contributed by atoms with van der Waals surface area (Å²) in [6, 6.07) is 22.2. The summed E-state index contributed by atoms with van der Waals surface area (Å²) in [5.41, 5.74) is 27.8. The fourth-order valence-electron chi connectivity index (χ4n) is 6.09. The normalized spacial score (nSPS) is 21.9. The second-order valence-electron chi connectivity index (χ2n) is 11.7. The monoisotopic (exact) mass is 617 g/mol. The Hall–Kier alpha value is -4.13. The molecule has 0 bridgehead atoms. The fourth-order valence-corrected chi connectivity index (χ4v) is 6.09. The van der Waals surface area contributed by atoms with Crippen LogP contribution in [0.2, 0.25) is 0 Å². The molecule has 1 amide bonds. The Morgan fingerprint density at radius 2 is 1.36 bits per heavy atom. The third-order valence-electron chi connectivity index (χ3n) is 8.08. The molecule has 11 nitrogen and oxygen atoms in total. The number of nitrogens with two attached hydrogens (primary N) is 4. The maximum atomic E-state index is 13.0. The molecule has 12 heteroatoms. The first-order valence-electron chi connectivity index (χ1n) is 14.7. The number of aromatic nitrogens is 1. The van der Waals surface area contributed by atoms with Crippen molar-refractivity contribution in [2.24, 2.45) is 22.9 Å². The predicted molar refractivity (Wildman–Crippen MR) is 180 cm³/mol. The van der Waals surface area contributed by atoms with E-state index in [1.165, 1.54) is 0 Å². The van der Waals surface area contributed by atoms with Crippen molar-refractivity contribution in [2.75, 3.05) is 46.6 Å². The Labute approximate surface area is 263 Å². The van der Waals surface area contributed by atoms with Crippen molar-refractivity contribution in [1.29, 1.82) is 0 Å². The van der Waals surface area contributed by atoms with Gasteiger partial charge in [-0.15, -0.1) is 12.4 Å². The van der Waals surface area contributed by atoms with Crippen molar-refractivity contribution < 1.29 is 9.90 Å². The molecule has 2 aliphatic rings. The molecule has 4 atom stereocenters. The van der Waals surface area contributed by atoms with Gasteiger partial charge in [-0.3, -0.25) is 4.79 Å². The van der Waals surface area contributed by atoms with Crippen LogP contribution in [0.5, 0.6) is 5.75 Å². The predicted octanol–water partition coefficient (Wildman–Crippen LogP) is 3.09. The quantitative estimate of drug-likeness (QED) is 0.170. The van der Waals surface area contributed by atoms with E-state index in [-0.39, 0.29) is 53.8 Å². The summed E-state index contributed by atoms with van der Waals surface area (Å²) >= 11 is 0. The van der Waals surface area contributed by atoms with E-state index in [0.717, 1.165) is 35.4 Å². The van der Waals surface area contributed by atoms with Gasteiger partial charge in [-0.2, -0.15) is 0 Å². The molecule has 2 aliphatic heterocycles. The number of fused-ring (bicyclic) bond motifs is 1. The minimum atomic E-state index is -0.390. The summed E-state index contributed by atoms with van der Waals surface area (Å²) in [4.78, 5) is 22.2. The molecule has 2 fully saturated rings. The highest BCUT2D eigenvalue weighted by Gasteiger charge is 2.27. The van der Waals surface area contributed by atoms with Crippen molar-refractivity contribution >= 4 is 57.8 Å². The second kappa shape index (κ2) is 13.2. The van der Waals surface area contributed by atoms with Crippen molar-refractivity contribution in [3.8, 4) is 5.75 Å². The molecule has 0 radical (unpaired) electrons. The van der Waals surface area contributed by atoms with Crippen molar-refractivity contribution in [2.45, 2.75) is 37.0 Å². The van der Waals surface area contributed by atoms with Gasteiger partial charge in [0.1, 0.15) is 17.4 Å². The van der Waals surface area contributed by atoms with E-state index in [1.807, 2.05) is 42.5 Å². The molecule has 1 aromatic heterocycles. The van der Waals surface area contributed by atoms with E-state index in [9.17, 15) is 9.90 Å².